The maximum Gasteiger partial charge on any atom is 0.123 e. The SMILES string of the molecule is CC(C)(c1ccccc1)c1cccc(C2(C(C)(C)C)CCP(C(C)(C)C)C2=Nc2ccccc2)c1O. The zero-order valence-electron chi connectivity index (χ0n) is 23.3. The number of phenols is 1. The van der Waals surface area contributed by atoms with Crippen LogP contribution in [0.4, 0.5) is 5.69 Å². The lowest BCUT2D eigenvalue weighted by atomic mass is 9.60. The van der Waals surface area contributed by atoms with E-state index in [0.717, 1.165) is 29.4 Å². The smallest absolute Gasteiger partial charge is 0.123 e. The van der Waals surface area contributed by atoms with Crippen LogP contribution in [0.3, 0.4) is 0 Å². The van der Waals surface area contributed by atoms with Gasteiger partial charge >= 0.3 is 0 Å². The van der Waals surface area contributed by atoms with E-state index in [1.807, 2.05) is 12.1 Å². The monoisotopic (exact) mass is 499 g/mol. The highest BCUT2D eigenvalue weighted by Gasteiger charge is 2.57. The standard InChI is InChI=1S/C33H42NOP/c1-30(2,3)33(22-23-36(31(4,5)6)29(33)34-25-18-13-10-14-19-25)27-21-15-20-26(28(27)35)32(7,8)24-16-11-9-12-17-24/h9-21,35H,22-23H2,1-8H3. The largest absolute Gasteiger partial charge is 0.507 e. The van der Waals surface area contributed by atoms with Crippen molar-refractivity contribution in [2.24, 2.45) is 10.4 Å². The molecule has 1 N–H and O–H groups in total. The quantitative estimate of drug-likeness (QED) is 0.356. The van der Waals surface area contributed by atoms with E-state index in [9.17, 15) is 5.11 Å². The molecule has 1 aliphatic heterocycles. The first-order valence-corrected chi connectivity index (χ1v) is 14.6. The van der Waals surface area contributed by atoms with E-state index < -0.39 is 7.92 Å². The molecule has 1 aliphatic rings. The van der Waals surface area contributed by atoms with Crippen molar-refractivity contribution in [3.05, 3.63) is 95.6 Å². The van der Waals surface area contributed by atoms with E-state index in [4.69, 9.17) is 4.99 Å². The van der Waals surface area contributed by atoms with Gasteiger partial charge in [0.25, 0.3) is 0 Å². The van der Waals surface area contributed by atoms with Gasteiger partial charge in [-0.3, -0.25) is 4.99 Å². The molecule has 36 heavy (non-hydrogen) atoms. The van der Waals surface area contributed by atoms with Crippen molar-refractivity contribution in [2.45, 2.75) is 77.8 Å². The molecule has 2 unspecified atom stereocenters. The molecule has 0 saturated carbocycles. The predicted octanol–water partition coefficient (Wildman–Crippen LogP) is 9.42. The average Bonchev–Trinajstić information content (AvgIpc) is 3.21. The van der Waals surface area contributed by atoms with E-state index in [1.165, 1.54) is 11.0 Å². The Labute approximate surface area is 219 Å². The van der Waals surface area contributed by atoms with Crippen LogP contribution in [-0.2, 0) is 10.8 Å². The average molecular weight is 500 g/mol. The summed E-state index contributed by atoms with van der Waals surface area (Å²) in [6, 6.07) is 27.3. The fourth-order valence-corrected chi connectivity index (χ4v) is 9.28. The van der Waals surface area contributed by atoms with Gasteiger partial charge in [0.1, 0.15) is 5.75 Å². The zero-order chi connectivity index (χ0) is 26.4. The Morgan fingerprint density at radius 1 is 0.750 bits per heavy atom. The molecule has 0 radical (unpaired) electrons. The van der Waals surface area contributed by atoms with Crippen LogP contribution in [0.25, 0.3) is 0 Å². The maximum absolute atomic E-state index is 12.1. The van der Waals surface area contributed by atoms with E-state index in [1.54, 1.807) is 0 Å². The molecule has 0 aromatic heterocycles. The lowest BCUT2D eigenvalue weighted by molar-refractivity contribution is 0.252. The predicted molar refractivity (Wildman–Crippen MR) is 158 cm³/mol. The summed E-state index contributed by atoms with van der Waals surface area (Å²) in [4.78, 5) is 5.43. The first-order chi connectivity index (χ1) is 16.8. The molecule has 190 valence electrons. The van der Waals surface area contributed by atoms with Crippen molar-refractivity contribution in [3.8, 4) is 5.75 Å². The second-order valence-electron chi connectivity index (χ2n) is 12.7. The van der Waals surface area contributed by atoms with E-state index in [0.29, 0.717) is 5.75 Å². The summed E-state index contributed by atoms with van der Waals surface area (Å²) in [7, 11) is -0.504. The number of rotatable bonds is 4. The summed E-state index contributed by atoms with van der Waals surface area (Å²) >= 11 is 0. The number of hydrogen-bond acceptors (Lipinski definition) is 2. The molecule has 3 aromatic carbocycles. The third-order valence-electron chi connectivity index (χ3n) is 8.09. The molecular weight excluding hydrogens is 457 g/mol. The Hall–Kier alpha value is -2.44. The molecule has 2 atom stereocenters. The van der Waals surface area contributed by atoms with Gasteiger partial charge in [0.2, 0.25) is 0 Å². The first kappa shape index (κ1) is 26.6. The molecule has 0 spiro atoms. The molecule has 0 amide bonds. The number of aliphatic imine (C=N–C) groups is 1. The molecular formula is C33H42NOP. The Morgan fingerprint density at radius 3 is 1.89 bits per heavy atom. The van der Waals surface area contributed by atoms with Gasteiger partial charge in [-0.2, -0.15) is 0 Å². The second-order valence-corrected chi connectivity index (χ2v) is 15.8. The van der Waals surface area contributed by atoms with Crippen LogP contribution >= 0.6 is 7.92 Å². The Bertz CT molecular complexity index is 1230. The maximum atomic E-state index is 12.1. The van der Waals surface area contributed by atoms with Crippen molar-refractivity contribution in [2.75, 3.05) is 6.16 Å². The van der Waals surface area contributed by atoms with Gasteiger partial charge in [0.05, 0.1) is 11.1 Å². The fourth-order valence-electron chi connectivity index (χ4n) is 5.93. The Kier molecular flexibility index (Phi) is 6.99. The summed E-state index contributed by atoms with van der Waals surface area (Å²) < 4.78 is 0. The third-order valence-corrected chi connectivity index (χ3v) is 11.4. The second kappa shape index (κ2) is 9.46. The van der Waals surface area contributed by atoms with Crippen molar-refractivity contribution >= 4 is 19.1 Å². The summed E-state index contributed by atoms with van der Waals surface area (Å²) in [6.45, 7) is 18.4. The van der Waals surface area contributed by atoms with Crippen molar-refractivity contribution in [3.63, 3.8) is 0 Å². The van der Waals surface area contributed by atoms with Crippen LogP contribution in [0.15, 0.2) is 83.9 Å². The molecule has 4 rings (SSSR count). The summed E-state index contributed by atoms with van der Waals surface area (Å²) in [5.74, 6) is 0.424. The van der Waals surface area contributed by atoms with Crippen LogP contribution in [0.1, 0.15) is 78.5 Å². The van der Waals surface area contributed by atoms with Crippen molar-refractivity contribution in [1.82, 2.24) is 0 Å². The molecule has 0 aliphatic carbocycles. The van der Waals surface area contributed by atoms with E-state index in [-0.39, 0.29) is 21.4 Å². The molecule has 1 heterocycles. The van der Waals surface area contributed by atoms with Crippen molar-refractivity contribution in [1.29, 1.82) is 0 Å². The molecule has 0 bridgehead atoms. The topological polar surface area (TPSA) is 32.6 Å². The van der Waals surface area contributed by atoms with Gasteiger partial charge in [-0.1, -0.05) is 130 Å². The highest BCUT2D eigenvalue weighted by atomic mass is 31.1. The van der Waals surface area contributed by atoms with Crippen LogP contribution in [-0.4, -0.2) is 21.9 Å². The lowest BCUT2D eigenvalue weighted by Crippen LogP contribution is -2.44. The zero-order valence-corrected chi connectivity index (χ0v) is 24.2. The van der Waals surface area contributed by atoms with E-state index in [2.05, 4.69) is 122 Å². The minimum Gasteiger partial charge on any atom is -0.507 e. The van der Waals surface area contributed by atoms with Crippen LogP contribution in [0.2, 0.25) is 0 Å². The van der Waals surface area contributed by atoms with Crippen molar-refractivity contribution < 1.29 is 5.11 Å². The number of para-hydroxylation sites is 2. The fraction of sp³-hybridized carbons (Fsp3) is 0.424. The number of benzene rings is 3. The highest BCUT2D eigenvalue weighted by Crippen LogP contribution is 2.68. The third kappa shape index (κ3) is 4.54. The van der Waals surface area contributed by atoms with Crippen LogP contribution < -0.4 is 0 Å². The van der Waals surface area contributed by atoms with E-state index >= 15 is 0 Å². The molecule has 2 nitrogen and oxygen atoms in total. The number of nitrogens with zero attached hydrogens (tertiary/aromatic N) is 1. The first-order valence-electron chi connectivity index (χ1n) is 13.1. The van der Waals surface area contributed by atoms with Gasteiger partial charge in [-0.15, -0.1) is 0 Å². The molecule has 3 aromatic rings. The number of phenolic OH excluding ortho intramolecular Hbond substituents is 1. The lowest BCUT2D eigenvalue weighted by Gasteiger charge is -2.45. The van der Waals surface area contributed by atoms with Gasteiger partial charge < -0.3 is 5.11 Å². The summed E-state index contributed by atoms with van der Waals surface area (Å²) in [5.41, 5.74) is 4.66. The van der Waals surface area contributed by atoms with Gasteiger partial charge in [0, 0.05) is 22.0 Å². The van der Waals surface area contributed by atoms with Gasteiger partial charge in [-0.25, -0.2) is 0 Å². The normalized spacial score (nSPS) is 22.2. The Balaban J connectivity index is 2.00. The molecule has 3 heteroatoms. The summed E-state index contributed by atoms with van der Waals surface area (Å²) in [5, 5.41) is 12.2. The molecule has 1 saturated heterocycles. The number of aromatic hydroxyl groups is 1. The van der Waals surface area contributed by atoms with Gasteiger partial charge in [0.15, 0.2) is 0 Å². The Morgan fingerprint density at radius 2 is 1.33 bits per heavy atom. The van der Waals surface area contributed by atoms with Gasteiger partial charge in [-0.05, 0) is 40.8 Å². The summed E-state index contributed by atoms with van der Waals surface area (Å²) in [6.07, 6.45) is 2.11. The van der Waals surface area contributed by atoms with Crippen LogP contribution in [0.5, 0.6) is 5.75 Å². The highest BCUT2D eigenvalue weighted by molar-refractivity contribution is 7.77. The minimum atomic E-state index is -0.504. The van der Waals surface area contributed by atoms with Crippen LogP contribution in [0, 0.1) is 5.41 Å². The minimum absolute atomic E-state index is 0.129. The number of hydrogen-bond donors (Lipinski definition) is 1. The molecule has 1 fully saturated rings.